The number of carbonyl (C=O) groups excluding carboxylic acids is 2. The Balaban J connectivity index is 1.57. The van der Waals surface area contributed by atoms with E-state index in [2.05, 4.69) is 4.90 Å². The first-order valence-corrected chi connectivity index (χ1v) is 9.25. The third-order valence-electron chi connectivity index (χ3n) is 5.25. The summed E-state index contributed by atoms with van der Waals surface area (Å²) < 4.78 is 13.0. The molecule has 3 rings (SSSR count). The van der Waals surface area contributed by atoms with Gasteiger partial charge in [-0.25, -0.2) is 4.39 Å². The number of aliphatic hydroxyl groups excluding tert-OH is 1. The maximum atomic E-state index is 13.0. The predicted molar refractivity (Wildman–Crippen MR) is 95.1 cm³/mol. The van der Waals surface area contributed by atoms with Crippen LogP contribution >= 0.6 is 0 Å². The van der Waals surface area contributed by atoms with E-state index in [0.29, 0.717) is 38.3 Å². The Bertz CT molecular complexity index is 629. The van der Waals surface area contributed by atoms with Crippen LogP contribution in [0, 0.1) is 11.7 Å². The van der Waals surface area contributed by atoms with E-state index in [1.165, 1.54) is 24.3 Å². The molecule has 2 heterocycles. The van der Waals surface area contributed by atoms with Gasteiger partial charge in [-0.1, -0.05) is 0 Å². The number of hydrogen-bond acceptors (Lipinski definition) is 4. The molecule has 2 saturated heterocycles. The van der Waals surface area contributed by atoms with Crippen molar-refractivity contribution in [3.63, 3.8) is 0 Å². The Morgan fingerprint density at radius 1 is 1.04 bits per heavy atom. The van der Waals surface area contributed by atoms with E-state index < -0.39 is 0 Å². The van der Waals surface area contributed by atoms with Gasteiger partial charge in [0.25, 0.3) is 5.91 Å². The Morgan fingerprint density at radius 2 is 1.73 bits per heavy atom. The van der Waals surface area contributed by atoms with E-state index in [-0.39, 0.29) is 30.2 Å². The van der Waals surface area contributed by atoms with Gasteiger partial charge in [0.05, 0.1) is 12.5 Å². The summed E-state index contributed by atoms with van der Waals surface area (Å²) in [6.45, 7) is 4.72. The van der Waals surface area contributed by atoms with Crippen LogP contribution in [0.25, 0.3) is 0 Å². The monoisotopic (exact) mass is 363 g/mol. The van der Waals surface area contributed by atoms with Crippen molar-refractivity contribution in [3.05, 3.63) is 35.6 Å². The standard InChI is InChI=1S/C19H26FN3O3/c20-17-5-3-15(4-6-17)18(25)23-7-1-2-16(14-23)19(26)22-10-8-21(9-11-22)12-13-24/h3-6,16,24H,1-2,7-14H2/t16-/m1/s1. The highest BCUT2D eigenvalue weighted by atomic mass is 19.1. The topological polar surface area (TPSA) is 64.1 Å². The lowest BCUT2D eigenvalue weighted by atomic mass is 9.95. The molecule has 0 bridgehead atoms. The molecule has 0 aromatic heterocycles. The second kappa shape index (κ2) is 8.60. The number of β-amino-alcohol motifs (C(OH)–C–C–N with tert-alkyl or cyclic N) is 1. The van der Waals surface area contributed by atoms with Crippen molar-refractivity contribution in [2.24, 2.45) is 5.92 Å². The Kier molecular flexibility index (Phi) is 6.21. The minimum absolute atomic E-state index is 0.116. The van der Waals surface area contributed by atoms with Crippen LogP contribution in [-0.2, 0) is 4.79 Å². The number of nitrogens with zero attached hydrogens (tertiary/aromatic N) is 3. The zero-order chi connectivity index (χ0) is 18.5. The lowest BCUT2D eigenvalue weighted by Gasteiger charge is -2.39. The van der Waals surface area contributed by atoms with E-state index >= 15 is 0 Å². The lowest BCUT2D eigenvalue weighted by Crippen LogP contribution is -2.53. The number of halogens is 1. The molecule has 0 unspecified atom stereocenters. The zero-order valence-electron chi connectivity index (χ0n) is 14.9. The number of rotatable bonds is 4. The molecule has 1 N–H and O–H groups in total. The fraction of sp³-hybridized carbons (Fsp3) is 0.579. The van der Waals surface area contributed by atoms with Crippen LogP contribution in [0.5, 0.6) is 0 Å². The Hall–Kier alpha value is -1.99. The second-order valence-corrected chi connectivity index (χ2v) is 6.99. The van der Waals surface area contributed by atoms with Crippen molar-refractivity contribution in [2.45, 2.75) is 12.8 Å². The first kappa shape index (κ1) is 18.8. The summed E-state index contributed by atoms with van der Waals surface area (Å²) >= 11 is 0. The fourth-order valence-corrected chi connectivity index (χ4v) is 3.73. The van der Waals surface area contributed by atoms with Crippen LogP contribution in [0.4, 0.5) is 4.39 Å². The zero-order valence-corrected chi connectivity index (χ0v) is 14.9. The van der Waals surface area contributed by atoms with Gasteiger partial charge in [-0.3, -0.25) is 14.5 Å². The minimum atomic E-state index is -0.367. The Morgan fingerprint density at radius 3 is 2.38 bits per heavy atom. The number of piperazine rings is 1. The number of amides is 2. The molecule has 1 aromatic rings. The smallest absolute Gasteiger partial charge is 0.253 e. The first-order chi connectivity index (χ1) is 12.6. The molecule has 2 amide bonds. The molecule has 1 aromatic carbocycles. The van der Waals surface area contributed by atoms with Gasteiger partial charge >= 0.3 is 0 Å². The van der Waals surface area contributed by atoms with Gasteiger partial charge in [-0.2, -0.15) is 0 Å². The summed E-state index contributed by atoms with van der Waals surface area (Å²) in [5, 5.41) is 9.01. The van der Waals surface area contributed by atoms with Crippen molar-refractivity contribution >= 4 is 11.8 Å². The molecule has 7 heteroatoms. The molecule has 2 aliphatic heterocycles. The molecular weight excluding hydrogens is 337 g/mol. The van der Waals surface area contributed by atoms with Crippen molar-refractivity contribution in [2.75, 3.05) is 52.4 Å². The van der Waals surface area contributed by atoms with Gasteiger partial charge in [0.2, 0.25) is 5.91 Å². The van der Waals surface area contributed by atoms with Crippen molar-refractivity contribution in [1.29, 1.82) is 0 Å². The number of benzene rings is 1. The van der Waals surface area contributed by atoms with Gasteiger partial charge in [0, 0.05) is 51.4 Å². The number of carbonyl (C=O) groups is 2. The molecule has 0 radical (unpaired) electrons. The maximum Gasteiger partial charge on any atom is 0.253 e. The predicted octanol–water partition coefficient (Wildman–Crippen LogP) is 0.814. The highest BCUT2D eigenvalue weighted by Gasteiger charge is 2.32. The van der Waals surface area contributed by atoms with Crippen molar-refractivity contribution < 1.29 is 19.1 Å². The van der Waals surface area contributed by atoms with Crippen LogP contribution in [0.1, 0.15) is 23.2 Å². The molecular formula is C19H26FN3O3. The van der Waals surface area contributed by atoms with Crippen LogP contribution in [0.15, 0.2) is 24.3 Å². The van der Waals surface area contributed by atoms with E-state index in [0.717, 1.165) is 25.9 Å². The van der Waals surface area contributed by atoms with E-state index in [4.69, 9.17) is 5.11 Å². The SMILES string of the molecule is O=C(c1ccc(F)cc1)N1CCC[C@@H](C(=O)N2CCN(CCO)CC2)C1. The normalized spacial score (nSPS) is 21.7. The van der Waals surface area contributed by atoms with Gasteiger partial charge in [0.15, 0.2) is 0 Å². The van der Waals surface area contributed by atoms with E-state index in [1.807, 2.05) is 4.90 Å². The summed E-state index contributed by atoms with van der Waals surface area (Å²) in [7, 11) is 0. The third-order valence-corrected chi connectivity index (χ3v) is 5.25. The first-order valence-electron chi connectivity index (χ1n) is 9.25. The Labute approximate surface area is 153 Å². The summed E-state index contributed by atoms with van der Waals surface area (Å²) in [4.78, 5) is 31.2. The summed E-state index contributed by atoms with van der Waals surface area (Å²) in [5.74, 6) is -0.563. The van der Waals surface area contributed by atoms with Crippen LogP contribution in [0.3, 0.4) is 0 Å². The number of piperidine rings is 1. The van der Waals surface area contributed by atoms with Gasteiger partial charge in [0.1, 0.15) is 5.82 Å². The van der Waals surface area contributed by atoms with E-state index in [9.17, 15) is 14.0 Å². The molecule has 142 valence electrons. The summed E-state index contributed by atoms with van der Waals surface area (Å²) in [6.07, 6.45) is 1.59. The number of likely N-dealkylation sites (tertiary alicyclic amines) is 1. The van der Waals surface area contributed by atoms with Gasteiger partial charge in [-0.15, -0.1) is 0 Å². The summed E-state index contributed by atoms with van der Waals surface area (Å²) in [5.41, 5.74) is 0.456. The largest absolute Gasteiger partial charge is 0.395 e. The molecule has 0 saturated carbocycles. The van der Waals surface area contributed by atoms with Gasteiger partial charge < -0.3 is 14.9 Å². The van der Waals surface area contributed by atoms with Crippen molar-refractivity contribution in [1.82, 2.24) is 14.7 Å². The molecule has 0 spiro atoms. The van der Waals surface area contributed by atoms with Crippen LogP contribution in [0.2, 0.25) is 0 Å². The molecule has 6 nitrogen and oxygen atoms in total. The minimum Gasteiger partial charge on any atom is -0.395 e. The molecule has 26 heavy (non-hydrogen) atoms. The molecule has 2 fully saturated rings. The molecule has 1 atom stereocenters. The highest BCUT2D eigenvalue weighted by molar-refractivity contribution is 5.94. The van der Waals surface area contributed by atoms with Crippen LogP contribution < -0.4 is 0 Å². The second-order valence-electron chi connectivity index (χ2n) is 6.99. The lowest BCUT2D eigenvalue weighted by molar-refractivity contribution is -0.138. The summed E-state index contributed by atoms with van der Waals surface area (Å²) in [6, 6.07) is 5.55. The molecule has 2 aliphatic rings. The average Bonchev–Trinajstić information content (AvgIpc) is 2.68. The maximum absolute atomic E-state index is 13.0. The van der Waals surface area contributed by atoms with Gasteiger partial charge in [-0.05, 0) is 37.1 Å². The number of hydrogen-bond donors (Lipinski definition) is 1. The average molecular weight is 363 g/mol. The third kappa shape index (κ3) is 4.40. The number of aliphatic hydroxyl groups is 1. The molecule has 0 aliphatic carbocycles. The van der Waals surface area contributed by atoms with Crippen LogP contribution in [-0.4, -0.2) is 84.0 Å². The van der Waals surface area contributed by atoms with E-state index in [1.54, 1.807) is 4.90 Å². The highest BCUT2D eigenvalue weighted by Crippen LogP contribution is 2.21. The fourth-order valence-electron chi connectivity index (χ4n) is 3.73. The van der Waals surface area contributed by atoms with Crippen molar-refractivity contribution in [3.8, 4) is 0 Å². The quantitative estimate of drug-likeness (QED) is 0.860.